The van der Waals surface area contributed by atoms with E-state index in [2.05, 4.69) is 15.5 Å². The number of tetrazole rings is 1. The standard InChI is InChI=1S/C13H18N4O3S/c1-17-13(14-15-16-17)21-8-11(19)6-12(20)10-4-2-9(7-18)3-5-10/h2-5,11-12,18-20H,6-8H2,1H3/t11-,12+/m1/s1. The predicted octanol–water partition coefficient (Wildman–Crippen LogP) is 0.279. The summed E-state index contributed by atoms with van der Waals surface area (Å²) in [4.78, 5) is 0. The van der Waals surface area contributed by atoms with E-state index in [1.165, 1.54) is 16.4 Å². The Kier molecular flexibility index (Phi) is 5.68. The van der Waals surface area contributed by atoms with Crippen molar-refractivity contribution in [1.82, 2.24) is 20.2 Å². The van der Waals surface area contributed by atoms with E-state index in [0.29, 0.717) is 10.9 Å². The first kappa shape index (κ1) is 15.9. The molecule has 2 rings (SSSR count). The van der Waals surface area contributed by atoms with Gasteiger partial charge in [-0.15, -0.1) is 5.10 Å². The summed E-state index contributed by atoms with van der Waals surface area (Å²) in [5.74, 6) is 0.403. The third-order valence-electron chi connectivity index (χ3n) is 3.03. The molecule has 0 unspecified atom stereocenters. The Hall–Kier alpha value is -1.48. The Bertz CT molecular complexity index is 561. The maximum Gasteiger partial charge on any atom is 0.209 e. The summed E-state index contributed by atoms with van der Waals surface area (Å²) >= 11 is 1.34. The molecule has 2 atom stereocenters. The third kappa shape index (κ3) is 4.50. The lowest BCUT2D eigenvalue weighted by molar-refractivity contribution is 0.0930. The van der Waals surface area contributed by atoms with Crippen LogP contribution in [0.4, 0.5) is 0 Å². The van der Waals surface area contributed by atoms with E-state index in [9.17, 15) is 10.2 Å². The highest BCUT2D eigenvalue weighted by Crippen LogP contribution is 2.22. The molecule has 0 saturated heterocycles. The van der Waals surface area contributed by atoms with Crippen LogP contribution in [-0.4, -0.2) is 47.4 Å². The summed E-state index contributed by atoms with van der Waals surface area (Å²) in [6, 6.07) is 7.02. The summed E-state index contributed by atoms with van der Waals surface area (Å²) in [7, 11) is 1.73. The van der Waals surface area contributed by atoms with Crippen LogP contribution in [0.2, 0.25) is 0 Å². The van der Waals surface area contributed by atoms with Gasteiger partial charge in [-0.3, -0.25) is 0 Å². The Morgan fingerprint density at radius 1 is 1.24 bits per heavy atom. The third-order valence-corrected chi connectivity index (χ3v) is 4.18. The molecule has 114 valence electrons. The first-order chi connectivity index (χ1) is 10.1. The average molecular weight is 310 g/mol. The quantitative estimate of drug-likeness (QED) is 0.631. The number of rotatable bonds is 7. The molecule has 0 aliphatic carbocycles. The van der Waals surface area contributed by atoms with Gasteiger partial charge < -0.3 is 15.3 Å². The molecule has 2 aromatic rings. The van der Waals surface area contributed by atoms with Crippen LogP contribution in [0.3, 0.4) is 0 Å². The topological polar surface area (TPSA) is 104 Å². The van der Waals surface area contributed by atoms with Gasteiger partial charge in [0.15, 0.2) is 0 Å². The van der Waals surface area contributed by atoms with Crippen molar-refractivity contribution in [2.24, 2.45) is 7.05 Å². The zero-order chi connectivity index (χ0) is 15.2. The largest absolute Gasteiger partial charge is 0.392 e. The van der Waals surface area contributed by atoms with E-state index >= 15 is 0 Å². The lowest BCUT2D eigenvalue weighted by atomic mass is 10.0. The van der Waals surface area contributed by atoms with Crippen LogP contribution < -0.4 is 0 Å². The smallest absolute Gasteiger partial charge is 0.209 e. The summed E-state index contributed by atoms with van der Waals surface area (Å²) < 4.78 is 1.53. The number of aromatic nitrogens is 4. The highest BCUT2D eigenvalue weighted by Gasteiger charge is 2.15. The van der Waals surface area contributed by atoms with Gasteiger partial charge in [0.1, 0.15) is 0 Å². The molecule has 0 aliphatic rings. The van der Waals surface area contributed by atoms with Gasteiger partial charge in [0.05, 0.1) is 18.8 Å². The number of aliphatic hydroxyl groups excluding tert-OH is 3. The van der Waals surface area contributed by atoms with Crippen molar-refractivity contribution in [3.05, 3.63) is 35.4 Å². The van der Waals surface area contributed by atoms with Crippen LogP contribution in [0.25, 0.3) is 0 Å². The van der Waals surface area contributed by atoms with Gasteiger partial charge in [-0.05, 0) is 21.6 Å². The molecule has 0 fully saturated rings. The molecule has 8 heteroatoms. The number of thioether (sulfide) groups is 1. The minimum atomic E-state index is -0.744. The fraction of sp³-hybridized carbons (Fsp3) is 0.462. The van der Waals surface area contributed by atoms with Crippen molar-refractivity contribution in [2.75, 3.05) is 5.75 Å². The van der Waals surface area contributed by atoms with Gasteiger partial charge >= 0.3 is 0 Å². The number of hydrogen-bond donors (Lipinski definition) is 3. The van der Waals surface area contributed by atoms with Gasteiger partial charge in [-0.1, -0.05) is 36.0 Å². The Morgan fingerprint density at radius 2 is 1.95 bits per heavy atom. The normalized spacial score (nSPS) is 14.1. The summed E-state index contributed by atoms with van der Waals surface area (Å²) in [6.07, 6.45) is -1.18. The van der Waals surface area contributed by atoms with E-state index in [1.807, 2.05) is 0 Å². The fourth-order valence-corrected chi connectivity index (χ4v) is 2.62. The van der Waals surface area contributed by atoms with Crippen molar-refractivity contribution in [1.29, 1.82) is 0 Å². The second-order valence-electron chi connectivity index (χ2n) is 4.70. The van der Waals surface area contributed by atoms with Crippen LogP contribution in [0.5, 0.6) is 0 Å². The molecule has 1 heterocycles. The van der Waals surface area contributed by atoms with Crippen molar-refractivity contribution in [2.45, 2.75) is 30.4 Å². The monoisotopic (exact) mass is 310 g/mol. The first-order valence-electron chi connectivity index (χ1n) is 6.51. The predicted molar refractivity (Wildman–Crippen MR) is 77.5 cm³/mol. The fourth-order valence-electron chi connectivity index (χ4n) is 1.82. The summed E-state index contributed by atoms with van der Waals surface area (Å²) in [6.45, 7) is -0.0264. The van der Waals surface area contributed by atoms with E-state index in [4.69, 9.17) is 5.11 Å². The van der Waals surface area contributed by atoms with Crippen molar-refractivity contribution >= 4 is 11.8 Å². The molecule has 0 amide bonds. The van der Waals surface area contributed by atoms with Gasteiger partial charge in [0.2, 0.25) is 5.16 Å². The molecule has 1 aromatic heterocycles. The molecule has 7 nitrogen and oxygen atoms in total. The van der Waals surface area contributed by atoms with Crippen molar-refractivity contribution in [3.8, 4) is 0 Å². The van der Waals surface area contributed by atoms with E-state index < -0.39 is 12.2 Å². The van der Waals surface area contributed by atoms with Crippen molar-refractivity contribution in [3.63, 3.8) is 0 Å². The zero-order valence-electron chi connectivity index (χ0n) is 11.6. The zero-order valence-corrected chi connectivity index (χ0v) is 12.4. The minimum Gasteiger partial charge on any atom is -0.392 e. The molecule has 0 spiro atoms. The van der Waals surface area contributed by atoms with E-state index in [-0.39, 0.29) is 13.0 Å². The molecule has 0 radical (unpaired) electrons. The lowest BCUT2D eigenvalue weighted by Crippen LogP contribution is -2.15. The van der Waals surface area contributed by atoms with Crippen LogP contribution in [0.1, 0.15) is 23.7 Å². The van der Waals surface area contributed by atoms with Gasteiger partial charge in [-0.2, -0.15) is 0 Å². The van der Waals surface area contributed by atoms with Gasteiger partial charge in [0, 0.05) is 19.2 Å². The Balaban J connectivity index is 1.83. The van der Waals surface area contributed by atoms with Crippen LogP contribution in [-0.2, 0) is 13.7 Å². The van der Waals surface area contributed by atoms with Crippen LogP contribution in [0.15, 0.2) is 29.4 Å². The Labute approximate surface area is 126 Å². The molecule has 0 aliphatic heterocycles. The second-order valence-corrected chi connectivity index (χ2v) is 5.69. The summed E-state index contributed by atoms with van der Waals surface area (Å²) in [5.41, 5.74) is 1.51. The van der Waals surface area contributed by atoms with E-state index in [0.717, 1.165) is 11.1 Å². The molecular formula is C13H18N4O3S. The number of benzene rings is 1. The summed E-state index contributed by atoms with van der Waals surface area (Å²) in [5, 5.41) is 40.7. The second kappa shape index (κ2) is 7.51. The van der Waals surface area contributed by atoms with Gasteiger partial charge in [-0.25, -0.2) is 4.68 Å². The molecule has 3 N–H and O–H groups in total. The maximum atomic E-state index is 10.1. The number of nitrogens with zero attached hydrogens (tertiary/aromatic N) is 4. The van der Waals surface area contributed by atoms with Crippen LogP contribution in [0, 0.1) is 0 Å². The molecule has 0 saturated carbocycles. The number of hydrogen-bond acceptors (Lipinski definition) is 7. The highest BCUT2D eigenvalue weighted by molar-refractivity contribution is 7.99. The van der Waals surface area contributed by atoms with E-state index in [1.54, 1.807) is 31.3 Å². The molecular weight excluding hydrogens is 292 g/mol. The van der Waals surface area contributed by atoms with Crippen LogP contribution >= 0.6 is 11.8 Å². The SMILES string of the molecule is Cn1nnnc1SC[C@H](O)C[C@H](O)c1ccc(CO)cc1. The highest BCUT2D eigenvalue weighted by atomic mass is 32.2. The average Bonchev–Trinajstić information content (AvgIpc) is 2.90. The molecule has 0 bridgehead atoms. The first-order valence-corrected chi connectivity index (χ1v) is 7.49. The number of aryl methyl sites for hydroxylation is 1. The minimum absolute atomic E-state index is 0.0264. The maximum absolute atomic E-state index is 10.1. The number of aliphatic hydroxyl groups is 3. The molecule has 21 heavy (non-hydrogen) atoms. The van der Waals surface area contributed by atoms with Gasteiger partial charge in [0.25, 0.3) is 0 Å². The molecule has 1 aromatic carbocycles. The van der Waals surface area contributed by atoms with Crippen molar-refractivity contribution < 1.29 is 15.3 Å². The Morgan fingerprint density at radius 3 is 2.52 bits per heavy atom. The lowest BCUT2D eigenvalue weighted by Gasteiger charge is -2.15.